The third kappa shape index (κ3) is 5.26. The quantitative estimate of drug-likeness (QED) is 0.755. The summed E-state index contributed by atoms with van der Waals surface area (Å²) in [5, 5.41) is 0.309. The Morgan fingerprint density at radius 3 is 2.28 bits per heavy atom. The first kappa shape index (κ1) is 19.4. The summed E-state index contributed by atoms with van der Waals surface area (Å²) in [5.74, 6) is 1.56. The van der Waals surface area contributed by atoms with Crippen LogP contribution in [0.25, 0.3) is 0 Å². The van der Waals surface area contributed by atoms with Crippen molar-refractivity contribution in [2.45, 2.75) is 17.9 Å². The van der Waals surface area contributed by atoms with E-state index in [0.29, 0.717) is 16.5 Å². The zero-order valence-corrected chi connectivity index (χ0v) is 15.7. The standard InChI is InChI=1S/C17H20ClNO5S/c1-12(11-24-15-7-5-14(22-2)6-8-15)19-25(20,21)17-10-13(18)4-9-16(17)23-3/h4-10,12,19H,11H2,1-3H3/t12-/m1/s1. The summed E-state index contributed by atoms with van der Waals surface area (Å²) in [6.07, 6.45) is 0. The van der Waals surface area contributed by atoms with Gasteiger partial charge >= 0.3 is 0 Å². The van der Waals surface area contributed by atoms with Gasteiger partial charge in [-0.2, -0.15) is 0 Å². The highest BCUT2D eigenvalue weighted by Crippen LogP contribution is 2.27. The SMILES string of the molecule is COc1ccc(OC[C@@H](C)NS(=O)(=O)c2cc(Cl)ccc2OC)cc1. The summed E-state index contributed by atoms with van der Waals surface area (Å²) in [7, 11) is -0.818. The van der Waals surface area contributed by atoms with Gasteiger partial charge in [-0.25, -0.2) is 13.1 Å². The van der Waals surface area contributed by atoms with E-state index >= 15 is 0 Å². The van der Waals surface area contributed by atoms with Gasteiger partial charge in [-0.05, 0) is 49.4 Å². The molecule has 1 atom stereocenters. The largest absolute Gasteiger partial charge is 0.497 e. The average Bonchev–Trinajstić information content (AvgIpc) is 2.60. The maximum atomic E-state index is 12.5. The maximum absolute atomic E-state index is 12.5. The molecule has 25 heavy (non-hydrogen) atoms. The summed E-state index contributed by atoms with van der Waals surface area (Å²) in [6.45, 7) is 1.87. The fraction of sp³-hybridized carbons (Fsp3) is 0.294. The van der Waals surface area contributed by atoms with Crippen molar-refractivity contribution in [3.63, 3.8) is 0 Å². The molecule has 6 nitrogen and oxygen atoms in total. The Kier molecular flexibility index (Phi) is 6.52. The highest BCUT2D eigenvalue weighted by atomic mass is 35.5. The van der Waals surface area contributed by atoms with E-state index in [1.54, 1.807) is 44.4 Å². The molecule has 0 amide bonds. The predicted molar refractivity (Wildman–Crippen MR) is 96.3 cm³/mol. The molecule has 0 aliphatic rings. The number of halogens is 1. The van der Waals surface area contributed by atoms with E-state index in [1.165, 1.54) is 19.2 Å². The normalized spacial score (nSPS) is 12.5. The van der Waals surface area contributed by atoms with Crippen LogP contribution in [0.5, 0.6) is 17.2 Å². The van der Waals surface area contributed by atoms with Crippen LogP contribution in [0.1, 0.15) is 6.92 Å². The lowest BCUT2D eigenvalue weighted by molar-refractivity contribution is 0.287. The molecule has 0 aromatic heterocycles. The lowest BCUT2D eigenvalue weighted by Crippen LogP contribution is -2.36. The van der Waals surface area contributed by atoms with Gasteiger partial charge in [0.15, 0.2) is 0 Å². The van der Waals surface area contributed by atoms with Crippen LogP contribution in [-0.2, 0) is 10.0 Å². The highest BCUT2D eigenvalue weighted by molar-refractivity contribution is 7.89. The van der Waals surface area contributed by atoms with E-state index in [1.807, 2.05) is 0 Å². The Morgan fingerprint density at radius 1 is 1.04 bits per heavy atom. The van der Waals surface area contributed by atoms with Crippen molar-refractivity contribution in [2.75, 3.05) is 20.8 Å². The molecule has 2 aromatic rings. The third-order valence-electron chi connectivity index (χ3n) is 3.33. The van der Waals surface area contributed by atoms with Gasteiger partial charge < -0.3 is 14.2 Å². The molecule has 8 heteroatoms. The zero-order valence-electron chi connectivity index (χ0n) is 14.2. The van der Waals surface area contributed by atoms with Crippen LogP contribution in [0.15, 0.2) is 47.4 Å². The number of benzene rings is 2. The van der Waals surface area contributed by atoms with Gasteiger partial charge in [-0.3, -0.25) is 0 Å². The number of sulfonamides is 1. The van der Waals surface area contributed by atoms with Crippen molar-refractivity contribution in [1.29, 1.82) is 0 Å². The van der Waals surface area contributed by atoms with E-state index in [-0.39, 0.29) is 17.3 Å². The third-order valence-corrected chi connectivity index (χ3v) is 5.18. The van der Waals surface area contributed by atoms with Gasteiger partial charge in [0.25, 0.3) is 0 Å². The summed E-state index contributed by atoms with van der Waals surface area (Å²) in [6, 6.07) is 11.0. The van der Waals surface area contributed by atoms with Crippen LogP contribution in [0.3, 0.4) is 0 Å². The Labute approximate surface area is 152 Å². The molecule has 0 heterocycles. The molecule has 0 saturated carbocycles. The molecule has 1 N–H and O–H groups in total. The van der Waals surface area contributed by atoms with Gasteiger partial charge in [0.05, 0.1) is 20.3 Å². The first-order valence-electron chi connectivity index (χ1n) is 7.48. The van der Waals surface area contributed by atoms with Crippen molar-refractivity contribution in [2.24, 2.45) is 0 Å². The van der Waals surface area contributed by atoms with Crippen LogP contribution in [-0.4, -0.2) is 35.3 Å². The van der Waals surface area contributed by atoms with E-state index in [0.717, 1.165) is 0 Å². The Bertz CT molecular complexity index is 808. The van der Waals surface area contributed by atoms with E-state index < -0.39 is 16.1 Å². The number of ether oxygens (including phenoxy) is 3. The number of nitrogens with one attached hydrogen (secondary N) is 1. The van der Waals surface area contributed by atoms with Crippen molar-refractivity contribution in [3.8, 4) is 17.2 Å². The molecule has 0 saturated heterocycles. The number of hydrogen-bond acceptors (Lipinski definition) is 5. The van der Waals surface area contributed by atoms with Crippen LogP contribution in [0.2, 0.25) is 5.02 Å². The van der Waals surface area contributed by atoms with Crippen LogP contribution >= 0.6 is 11.6 Å². The van der Waals surface area contributed by atoms with Crippen LogP contribution in [0.4, 0.5) is 0 Å². The minimum absolute atomic E-state index is 0.0150. The van der Waals surface area contributed by atoms with Crippen molar-refractivity contribution < 1.29 is 22.6 Å². The molecule has 2 rings (SSSR count). The molecule has 0 aliphatic carbocycles. The number of hydrogen-bond donors (Lipinski definition) is 1. The summed E-state index contributed by atoms with van der Waals surface area (Å²) < 4.78 is 43.4. The molecule has 0 radical (unpaired) electrons. The molecule has 0 bridgehead atoms. The second kappa shape index (κ2) is 8.42. The lowest BCUT2D eigenvalue weighted by atomic mass is 10.3. The lowest BCUT2D eigenvalue weighted by Gasteiger charge is -2.17. The second-order valence-corrected chi connectivity index (χ2v) is 7.42. The fourth-order valence-electron chi connectivity index (χ4n) is 2.12. The van der Waals surface area contributed by atoms with Gasteiger partial charge in [0.2, 0.25) is 10.0 Å². The van der Waals surface area contributed by atoms with Crippen molar-refractivity contribution in [3.05, 3.63) is 47.5 Å². The van der Waals surface area contributed by atoms with Gasteiger partial charge in [-0.1, -0.05) is 11.6 Å². The van der Waals surface area contributed by atoms with Crippen LogP contribution < -0.4 is 18.9 Å². The molecular formula is C17H20ClNO5S. The molecular weight excluding hydrogens is 366 g/mol. The monoisotopic (exact) mass is 385 g/mol. The van der Waals surface area contributed by atoms with Crippen molar-refractivity contribution >= 4 is 21.6 Å². The van der Waals surface area contributed by atoms with E-state index in [4.69, 9.17) is 25.8 Å². The minimum Gasteiger partial charge on any atom is -0.497 e. The molecule has 0 fully saturated rings. The van der Waals surface area contributed by atoms with Crippen LogP contribution in [0, 0.1) is 0 Å². The van der Waals surface area contributed by atoms with Gasteiger partial charge in [-0.15, -0.1) is 0 Å². The summed E-state index contributed by atoms with van der Waals surface area (Å²) >= 11 is 5.90. The average molecular weight is 386 g/mol. The summed E-state index contributed by atoms with van der Waals surface area (Å²) in [4.78, 5) is -0.0150. The topological polar surface area (TPSA) is 73.9 Å². The van der Waals surface area contributed by atoms with Crippen molar-refractivity contribution in [1.82, 2.24) is 4.72 Å². The number of rotatable bonds is 8. The predicted octanol–water partition coefficient (Wildman–Crippen LogP) is 3.10. The smallest absolute Gasteiger partial charge is 0.244 e. The Balaban J connectivity index is 2.03. The second-order valence-electron chi connectivity index (χ2n) is 5.30. The first-order valence-corrected chi connectivity index (χ1v) is 9.34. The first-order chi connectivity index (χ1) is 11.9. The Morgan fingerprint density at radius 2 is 1.68 bits per heavy atom. The highest BCUT2D eigenvalue weighted by Gasteiger charge is 2.22. The number of methoxy groups -OCH3 is 2. The van der Waals surface area contributed by atoms with Gasteiger partial charge in [0.1, 0.15) is 28.8 Å². The Hall–Kier alpha value is -1.96. The molecule has 0 unspecified atom stereocenters. The fourth-order valence-corrected chi connectivity index (χ4v) is 3.78. The molecule has 2 aromatic carbocycles. The van der Waals surface area contributed by atoms with E-state index in [9.17, 15) is 8.42 Å². The molecule has 0 spiro atoms. The molecule has 136 valence electrons. The maximum Gasteiger partial charge on any atom is 0.244 e. The van der Waals surface area contributed by atoms with E-state index in [2.05, 4.69) is 4.72 Å². The minimum atomic E-state index is -3.80. The van der Waals surface area contributed by atoms with Gasteiger partial charge in [0, 0.05) is 5.02 Å². The zero-order chi connectivity index (χ0) is 18.4. The summed E-state index contributed by atoms with van der Waals surface area (Å²) in [5.41, 5.74) is 0. The molecule has 0 aliphatic heterocycles.